The van der Waals surface area contributed by atoms with Crippen molar-refractivity contribution in [1.82, 2.24) is 9.88 Å². The van der Waals surface area contributed by atoms with Gasteiger partial charge in [0.1, 0.15) is 5.56 Å². The number of halogens is 2. The van der Waals surface area contributed by atoms with Crippen LogP contribution in [-0.4, -0.2) is 16.8 Å². The summed E-state index contributed by atoms with van der Waals surface area (Å²) in [7, 11) is 0. The Hall–Kier alpha value is -3.68. The molecule has 0 saturated heterocycles. The number of fused-ring (bicyclic) bond motifs is 1. The molecular weight excluding hydrogens is 394 g/mol. The van der Waals surface area contributed by atoms with E-state index < -0.39 is 17.8 Å². The van der Waals surface area contributed by atoms with Crippen LogP contribution in [0.25, 0.3) is 0 Å². The van der Waals surface area contributed by atoms with Crippen LogP contribution in [0.2, 0.25) is 0 Å². The van der Waals surface area contributed by atoms with Crippen molar-refractivity contribution in [3.8, 4) is 11.5 Å². The fourth-order valence-corrected chi connectivity index (χ4v) is 3.22. The molecule has 0 aliphatic carbocycles. The number of benzene rings is 2. The van der Waals surface area contributed by atoms with Crippen LogP contribution in [0.1, 0.15) is 34.5 Å². The van der Waals surface area contributed by atoms with Crippen molar-refractivity contribution >= 4 is 5.91 Å². The third-order valence-electron chi connectivity index (χ3n) is 4.73. The molecular formula is C22H18F2N2O4. The van der Waals surface area contributed by atoms with Crippen LogP contribution >= 0.6 is 0 Å². The zero-order chi connectivity index (χ0) is 21.3. The van der Waals surface area contributed by atoms with Crippen molar-refractivity contribution in [2.45, 2.75) is 25.8 Å². The number of rotatable bonds is 5. The molecule has 4 rings (SSSR count). The van der Waals surface area contributed by atoms with Crippen LogP contribution in [0, 0.1) is 0 Å². The Bertz CT molecular complexity index is 1150. The zero-order valence-corrected chi connectivity index (χ0v) is 16.0. The third-order valence-corrected chi connectivity index (χ3v) is 4.73. The van der Waals surface area contributed by atoms with Gasteiger partial charge in [-0.1, -0.05) is 36.4 Å². The van der Waals surface area contributed by atoms with Crippen molar-refractivity contribution in [3.63, 3.8) is 0 Å². The van der Waals surface area contributed by atoms with E-state index in [4.69, 9.17) is 0 Å². The predicted molar refractivity (Wildman–Crippen MR) is 105 cm³/mol. The van der Waals surface area contributed by atoms with Gasteiger partial charge in [0.25, 0.3) is 11.5 Å². The Morgan fingerprint density at radius 1 is 1.07 bits per heavy atom. The van der Waals surface area contributed by atoms with E-state index in [1.54, 1.807) is 12.1 Å². The van der Waals surface area contributed by atoms with Crippen molar-refractivity contribution in [2.24, 2.45) is 0 Å². The molecule has 1 aliphatic rings. The van der Waals surface area contributed by atoms with E-state index in [0.717, 1.165) is 5.56 Å². The van der Waals surface area contributed by atoms with Gasteiger partial charge < -0.3 is 19.4 Å². The quantitative estimate of drug-likeness (QED) is 0.694. The first-order valence-electron chi connectivity index (χ1n) is 9.26. The summed E-state index contributed by atoms with van der Waals surface area (Å²) in [5.74, 6) is -0.661. The predicted octanol–water partition coefficient (Wildman–Crippen LogP) is 3.71. The zero-order valence-electron chi connectivity index (χ0n) is 16.0. The lowest BCUT2D eigenvalue weighted by Crippen LogP contribution is -2.34. The maximum atomic E-state index is 13.2. The lowest BCUT2D eigenvalue weighted by molar-refractivity contribution is -0.286. The molecule has 0 spiro atoms. The molecule has 6 nitrogen and oxygen atoms in total. The second kappa shape index (κ2) is 7.62. The fourth-order valence-electron chi connectivity index (χ4n) is 3.22. The molecule has 1 aromatic heterocycles. The maximum Gasteiger partial charge on any atom is 0.586 e. The van der Waals surface area contributed by atoms with E-state index >= 15 is 0 Å². The van der Waals surface area contributed by atoms with Gasteiger partial charge in [0, 0.05) is 6.20 Å². The minimum atomic E-state index is -3.70. The monoisotopic (exact) mass is 412 g/mol. The molecule has 8 heteroatoms. The van der Waals surface area contributed by atoms with E-state index in [1.807, 2.05) is 37.3 Å². The van der Waals surface area contributed by atoms with Gasteiger partial charge in [-0.05, 0) is 42.3 Å². The summed E-state index contributed by atoms with van der Waals surface area (Å²) in [6.07, 6.45) is -2.18. The Kier molecular flexibility index (Phi) is 4.99. The fraction of sp³-hybridized carbons (Fsp3) is 0.182. The summed E-state index contributed by atoms with van der Waals surface area (Å²) in [6, 6.07) is 16.4. The molecule has 0 fully saturated rings. The van der Waals surface area contributed by atoms with E-state index in [9.17, 15) is 18.4 Å². The summed E-state index contributed by atoms with van der Waals surface area (Å²) in [5, 5.41) is 2.82. The Morgan fingerprint density at radius 2 is 1.80 bits per heavy atom. The Balaban J connectivity index is 1.53. The molecule has 2 heterocycles. The largest absolute Gasteiger partial charge is 0.586 e. The number of ether oxygens (including phenoxy) is 2. The molecule has 3 aromatic rings. The molecule has 1 amide bonds. The normalized spacial score (nSPS) is 14.9. The minimum absolute atomic E-state index is 0.00689. The highest BCUT2D eigenvalue weighted by molar-refractivity contribution is 5.94. The SMILES string of the molecule is C[C@H](NC(=O)c1cccn(Cc2ccc3c(c2)OC(F)(F)O3)c1=O)c1ccccc1. The smallest absolute Gasteiger partial charge is 0.395 e. The number of hydrogen-bond acceptors (Lipinski definition) is 4. The highest BCUT2D eigenvalue weighted by Gasteiger charge is 2.43. The van der Waals surface area contributed by atoms with Crippen molar-refractivity contribution in [3.05, 3.63) is 93.9 Å². The highest BCUT2D eigenvalue weighted by atomic mass is 19.3. The molecule has 0 radical (unpaired) electrons. The van der Waals surface area contributed by atoms with Gasteiger partial charge in [0.15, 0.2) is 11.5 Å². The van der Waals surface area contributed by atoms with Crippen molar-refractivity contribution in [1.29, 1.82) is 0 Å². The molecule has 2 aromatic carbocycles. The number of carbonyl (C=O) groups is 1. The third kappa shape index (κ3) is 4.03. The summed E-state index contributed by atoms with van der Waals surface area (Å²) in [4.78, 5) is 25.4. The average molecular weight is 412 g/mol. The first-order chi connectivity index (χ1) is 14.3. The van der Waals surface area contributed by atoms with Crippen LogP contribution in [0.3, 0.4) is 0 Å². The number of alkyl halides is 2. The molecule has 1 atom stereocenters. The maximum absolute atomic E-state index is 13.2. The molecule has 0 bridgehead atoms. The second-order valence-electron chi connectivity index (χ2n) is 6.91. The molecule has 30 heavy (non-hydrogen) atoms. The molecule has 1 aliphatic heterocycles. The molecule has 154 valence electrons. The van der Waals surface area contributed by atoms with Crippen molar-refractivity contribution < 1.29 is 23.0 Å². The summed E-state index contributed by atoms with van der Waals surface area (Å²) in [5.41, 5.74) is 0.970. The van der Waals surface area contributed by atoms with E-state index in [1.165, 1.54) is 29.0 Å². The van der Waals surface area contributed by atoms with Gasteiger partial charge >= 0.3 is 6.29 Å². The van der Waals surface area contributed by atoms with Crippen LogP contribution in [-0.2, 0) is 6.54 Å². The summed E-state index contributed by atoms with van der Waals surface area (Å²) >= 11 is 0. The lowest BCUT2D eigenvalue weighted by atomic mass is 10.1. The van der Waals surface area contributed by atoms with Gasteiger partial charge in [0.05, 0.1) is 12.6 Å². The second-order valence-corrected chi connectivity index (χ2v) is 6.91. The average Bonchev–Trinajstić information content (AvgIpc) is 3.03. The van der Waals surface area contributed by atoms with Crippen LogP contribution in [0.5, 0.6) is 11.5 Å². The van der Waals surface area contributed by atoms with Gasteiger partial charge in [-0.3, -0.25) is 9.59 Å². The number of amides is 1. The van der Waals surface area contributed by atoms with Crippen LogP contribution < -0.4 is 20.3 Å². The van der Waals surface area contributed by atoms with E-state index in [2.05, 4.69) is 14.8 Å². The van der Waals surface area contributed by atoms with Crippen LogP contribution in [0.4, 0.5) is 8.78 Å². The number of nitrogens with zero attached hydrogens (tertiary/aromatic N) is 1. The minimum Gasteiger partial charge on any atom is -0.395 e. The van der Waals surface area contributed by atoms with E-state index in [0.29, 0.717) is 5.56 Å². The number of hydrogen-bond donors (Lipinski definition) is 1. The van der Waals surface area contributed by atoms with Gasteiger partial charge in [0.2, 0.25) is 0 Å². The summed E-state index contributed by atoms with van der Waals surface area (Å²) < 4.78 is 36.5. The summed E-state index contributed by atoms with van der Waals surface area (Å²) in [6.45, 7) is 1.91. The first-order valence-corrected chi connectivity index (χ1v) is 9.26. The number of pyridine rings is 1. The van der Waals surface area contributed by atoms with Gasteiger partial charge in [-0.2, -0.15) is 0 Å². The lowest BCUT2D eigenvalue weighted by Gasteiger charge is -2.15. The Labute approximate surface area is 170 Å². The number of carbonyl (C=O) groups excluding carboxylic acids is 1. The Morgan fingerprint density at radius 3 is 2.57 bits per heavy atom. The van der Waals surface area contributed by atoms with Gasteiger partial charge in [-0.15, -0.1) is 8.78 Å². The topological polar surface area (TPSA) is 69.6 Å². The number of aromatic nitrogens is 1. The molecule has 1 N–H and O–H groups in total. The standard InChI is InChI=1S/C22H18F2N2O4/c1-14(16-6-3-2-4-7-16)25-20(27)17-8-5-11-26(21(17)28)13-15-9-10-18-19(12-15)30-22(23,24)29-18/h2-12,14H,13H2,1H3,(H,25,27)/t14-/m0/s1. The van der Waals surface area contributed by atoms with E-state index in [-0.39, 0.29) is 29.6 Å². The van der Waals surface area contributed by atoms with Gasteiger partial charge in [-0.25, -0.2) is 0 Å². The first kappa shape index (κ1) is 19.6. The highest BCUT2D eigenvalue weighted by Crippen LogP contribution is 2.41. The number of nitrogens with one attached hydrogen (secondary N) is 1. The van der Waals surface area contributed by atoms with Crippen molar-refractivity contribution in [2.75, 3.05) is 0 Å². The van der Waals surface area contributed by atoms with Crippen LogP contribution in [0.15, 0.2) is 71.7 Å². The molecule has 0 saturated carbocycles. The molecule has 0 unspecified atom stereocenters.